The van der Waals surface area contributed by atoms with E-state index in [0.717, 1.165) is 35.8 Å². The van der Waals surface area contributed by atoms with Crippen molar-refractivity contribution in [3.05, 3.63) is 60.0 Å². The molecule has 1 aliphatic heterocycles. The molecule has 1 aromatic heterocycles. The molecule has 158 valence electrons. The molecular formula is C22H25N3O3S2. The summed E-state index contributed by atoms with van der Waals surface area (Å²) in [6, 6.07) is 16.9. The molecule has 0 amide bonds. The number of piperazine rings is 1. The fraction of sp³-hybridized carbons (Fsp3) is 0.273. The normalized spacial score (nSPS) is 17.0. The Balaban J connectivity index is 1.59. The van der Waals surface area contributed by atoms with E-state index >= 15 is 0 Å². The SMILES string of the molecule is COc1ccc(N2CCN[C@H](C)C2)cc1NS(=O)(=O)c1ccc(-c2cccs2)cc1. The molecule has 1 aliphatic rings. The van der Waals surface area contributed by atoms with Gasteiger partial charge in [0.05, 0.1) is 17.7 Å². The first kappa shape index (κ1) is 20.7. The highest BCUT2D eigenvalue weighted by Crippen LogP contribution is 2.32. The summed E-state index contributed by atoms with van der Waals surface area (Å²) in [5.41, 5.74) is 2.40. The standard InChI is InChI=1S/C22H25N3O3S2/c1-16-15-25(12-11-23-16)18-7-10-21(28-2)20(14-18)24-30(26,27)19-8-5-17(6-9-19)22-4-3-13-29-22/h3-10,13-14,16,23-24H,11-12,15H2,1-2H3/t16-/m1/s1. The van der Waals surface area contributed by atoms with E-state index in [1.807, 2.05) is 41.8 Å². The molecule has 2 heterocycles. The zero-order valence-electron chi connectivity index (χ0n) is 17.0. The van der Waals surface area contributed by atoms with Gasteiger partial charge in [0.15, 0.2) is 0 Å². The average molecular weight is 444 g/mol. The third-order valence-corrected chi connectivity index (χ3v) is 7.43. The van der Waals surface area contributed by atoms with Crippen molar-refractivity contribution in [2.45, 2.75) is 17.9 Å². The van der Waals surface area contributed by atoms with Gasteiger partial charge in [0.1, 0.15) is 5.75 Å². The van der Waals surface area contributed by atoms with Crippen molar-refractivity contribution in [3.8, 4) is 16.2 Å². The van der Waals surface area contributed by atoms with Gasteiger partial charge in [-0.3, -0.25) is 4.72 Å². The number of thiophene rings is 1. The highest BCUT2D eigenvalue weighted by Gasteiger charge is 2.20. The third-order valence-electron chi connectivity index (χ3n) is 5.13. The minimum atomic E-state index is -3.75. The van der Waals surface area contributed by atoms with Crippen molar-refractivity contribution in [2.24, 2.45) is 0 Å². The van der Waals surface area contributed by atoms with Gasteiger partial charge in [0.2, 0.25) is 0 Å². The summed E-state index contributed by atoms with van der Waals surface area (Å²) in [5.74, 6) is 0.487. The van der Waals surface area contributed by atoms with Crippen LogP contribution in [0.15, 0.2) is 64.9 Å². The Morgan fingerprint density at radius 2 is 1.97 bits per heavy atom. The molecule has 30 heavy (non-hydrogen) atoms. The Hall–Kier alpha value is -2.55. The first-order valence-corrected chi connectivity index (χ1v) is 12.2. The summed E-state index contributed by atoms with van der Waals surface area (Å²) >= 11 is 1.62. The van der Waals surface area contributed by atoms with Crippen LogP contribution in [0.4, 0.5) is 11.4 Å². The molecule has 2 aromatic carbocycles. The second kappa shape index (κ2) is 8.67. The van der Waals surface area contributed by atoms with Crippen LogP contribution >= 0.6 is 11.3 Å². The summed E-state index contributed by atoms with van der Waals surface area (Å²) in [6.07, 6.45) is 0. The molecule has 3 aromatic rings. The van der Waals surface area contributed by atoms with Gasteiger partial charge in [-0.15, -0.1) is 11.3 Å². The van der Waals surface area contributed by atoms with E-state index in [2.05, 4.69) is 21.9 Å². The quantitative estimate of drug-likeness (QED) is 0.602. The van der Waals surface area contributed by atoms with Crippen LogP contribution in [0.3, 0.4) is 0 Å². The Morgan fingerprint density at radius 1 is 1.17 bits per heavy atom. The summed E-state index contributed by atoms with van der Waals surface area (Å²) in [5, 5.41) is 5.42. The number of nitrogens with zero attached hydrogens (tertiary/aromatic N) is 1. The van der Waals surface area contributed by atoms with Gasteiger partial charge in [0.25, 0.3) is 10.0 Å². The highest BCUT2D eigenvalue weighted by atomic mass is 32.2. The van der Waals surface area contributed by atoms with Crippen LogP contribution in [0, 0.1) is 0 Å². The maximum absolute atomic E-state index is 13.0. The van der Waals surface area contributed by atoms with Crippen molar-refractivity contribution in [1.82, 2.24) is 5.32 Å². The highest BCUT2D eigenvalue weighted by molar-refractivity contribution is 7.92. The van der Waals surface area contributed by atoms with E-state index in [1.54, 1.807) is 29.5 Å². The lowest BCUT2D eigenvalue weighted by atomic mass is 10.2. The van der Waals surface area contributed by atoms with Gasteiger partial charge < -0.3 is 15.0 Å². The van der Waals surface area contributed by atoms with Gasteiger partial charge in [0, 0.05) is 36.2 Å². The molecule has 2 N–H and O–H groups in total. The zero-order chi connectivity index (χ0) is 21.1. The second-order valence-electron chi connectivity index (χ2n) is 7.29. The average Bonchev–Trinajstić information content (AvgIpc) is 3.28. The van der Waals surface area contributed by atoms with Gasteiger partial charge in [-0.1, -0.05) is 18.2 Å². The molecular weight excluding hydrogens is 418 g/mol. The smallest absolute Gasteiger partial charge is 0.262 e. The van der Waals surface area contributed by atoms with E-state index in [-0.39, 0.29) is 4.90 Å². The molecule has 4 rings (SSSR count). The predicted octanol–water partition coefficient (Wildman–Crippen LogP) is 4.02. The number of nitrogens with one attached hydrogen (secondary N) is 2. The van der Waals surface area contributed by atoms with Crippen LogP contribution in [0.2, 0.25) is 0 Å². The molecule has 1 saturated heterocycles. The van der Waals surface area contributed by atoms with Gasteiger partial charge >= 0.3 is 0 Å². The lowest BCUT2D eigenvalue weighted by Gasteiger charge is -2.34. The molecule has 0 saturated carbocycles. The Bertz CT molecular complexity index is 1100. The lowest BCUT2D eigenvalue weighted by molar-refractivity contribution is 0.416. The third kappa shape index (κ3) is 4.45. The molecule has 1 atom stereocenters. The van der Waals surface area contributed by atoms with Crippen molar-refractivity contribution in [3.63, 3.8) is 0 Å². The number of rotatable bonds is 6. The van der Waals surface area contributed by atoms with Crippen molar-refractivity contribution < 1.29 is 13.2 Å². The summed E-state index contributed by atoms with van der Waals surface area (Å²) < 4.78 is 34.1. The number of methoxy groups -OCH3 is 1. The molecule has 0 radical (unpaired) electrons. The fourth-order valence-corrected chi connectivity index (χ4v) is 5.38. The summed E-state index contributed by atoms with van der Waals surface area (Å²) in [7, 11) is -2.21. The van der Waals surface area contributed by atoms with E-state index in [9.17, 15) is 8.42 Å². The lowest BCUT2D eigenvalue weighted by Crippen LogP contribution is -2.49. The van der Waals surface area contributed by atoms with E-state index in [4.69, 9.17) is 4.74 Å². The monoisotopic (exact) mass is 443 g/mol. The molecule has 6 nitrogen and oxygen atoms in total. The number of hydrogen-bond acceptors (Lipinski definition) is 6. The van der Waals surface area contributed by atoms with Gasteiger partial charge in [-0.05, 0) is 54.3 Å². The zero-order valence-corrected chi connectivity index (χ0v) is 18.6. The molecule has 8 heteroatoms. The van der Waals surface area contributed by atoms with Crippen LogP contribution in [0.1, 0.15) is 6.92 Å². The number of anilines is 2. The fourth-order valence-electron chi connectivity index (χ4n) is 3.58. The van der Waals surface area contributed by atoms with E-state index < -0.39 is 10.0 Å². The van der Waals surface area contributed by atoms with Crippen molar-refractivity contribution in [1.29, 1.82) is 0 Å². The topological polar surface area (TPSA) is 70.7 Å². The molecule has 0 bridgehead atoms. The largest absolute Gasteiger partial charge is 0.495 e. The molecule has 1 fully saturated rings. The molecule has 0 unspecified atom stereocenters. The minimum Gasteiger partial charge on any atom is -0.495 e. The minimum absolute atomic E-state index is 0.214. The number of benzene rings is 2. The van der Waals surface area contributed by atoms with E-state index in [1.165, 1.54) is 7.11 Å². The maximum atomic E-state index is 13.0. The Morgan fingerprint density at radius 3 is 2.63 bits per heavy atom. The Kier molecular flexibility index (Phi) is 5.99. The van der Waals surface area contributed by atoms with Crippen LogP contribution < -0.4 is 19.7 Å². The van der Waals surface area contributed by atoms with Crippen LogP contribution in [-0.2, 0) is 10.0 Å². The van der Waals surface area contributed by atoms with Gasteiger partial charge in [-0.25, -0.2) is 8.42 Å². The van der Waals surface area contributed by atoms with Crippen LogP contribution in [0.5, 0.6) is 5.75 Å². The van der Waals surface area contributed by atoms with Crippen LogP contribution in [-0.4, -0.2) is 41.2 Å². The van der Waals surface area contributed by atoms with E-state index in [0.29, 0.717) is 17.5 Å². The maximum Gasteiger partial charge on any atom is 0.262 e. The number of ether oxygens (including phenoxy) is 1. The van der Waals surface area contributed by atoms with Gasteiger partial charge in [-0.2, -0.15) is 0 Å². The van der Waals surface area contributed by atoms with Crippen molar-refractivity contribution in [2.75, 3.05) is 36.4 Å². The second-order valence-corrected chi connectivity index (χ2v) is 9.92. The first-order valence-electron chi connectivity index (χ1n) is 9.79. The first-order chi connectivity index (χ1) is 14.5. The predicted molar refractivity (Wildman–Crippen MR) is 123 cm³/mol. The number of hydrogen-bond donors (Lipinski definition) is 2. The van der Waals surface area contributed by atoms with Crippen molar-refractivity contribution >= 4 is 32.7 Å². The number of sulfonamides is 1. The Labute approximate surface area is 181 Å². The molecule has 0 spiro atoms. The summed E-state index contributed by atoms with van der Waals surface area (Å²) in [6.45, 7) is 4.76. The van der Waals surface area contributed by atoms with Crippen LogP contribution in [0.25, 0.3) is 10.4 Å². The molecule has 0 aliphatic carbocycles. The summed E-state index contributed by atoms with van der Waals surface area (Å²) in [4.78, 5) is 3.56.